The van der Waals surface area contributed by atoms with Crippen molar-refractivity contribution in [2.45, 2.75) is 25.9 Å². The van der Waals surface area contributed by atoms with Crippen LogP contribution in [0.3, 0.4) is 0 Å². The predicted molar refractivity (Wildman–Crippen MR) is 93.1 cm³/mol. The van der Waals surface area contributed by atoms with Gasteiger partial charge in [-0.3, -0.25) is 9.59 Å². The minimum atomic E-state index is -0.123. The molecule has 3 rings (SSSR count). The zero-order valence-corrected chi connectivity index (χ0v) is 13.5. The second-order valence-corrected chi connectivity index (χ2v) is 6.04. The topological polar surface area (TPSA) is 75.4 Å². The van der Waals surface area contributed by atoms with Gasteiger partial charge in [0, 0.05) is 37.3 Å². The number of nitrogens with two attached hydrogens (primary N) is 1. The minimum Gasteiger partial charge on any atom is -0.399 e. The van der Waals surface area contributed by atoms with Crippen molar-refractivity contribution < 1.29 is 9.59 Å². The van der Waals surface area contributed by atoms with Gasteiger partial charge in [-0.05, 0) is 41.8 Å². The van der Waals surface area contributed by atoms with Crippen LogP contribution in [-0.2, 0) is 17.9 Å². The van der Waals surface area contributed by atoms with Crippen molar-refractivity contribution in [1.29, 1.82) is 0 Å². The SMILES string of the molecule is Nc1ccc(C(=O)NCc2ccc(CN3CCCC3=O)cc2)cc1. The lowest BCUT2D eigenvalue weighted by Crippen LogP contribution is -2.24. The van der Waals surface area contributed by atoms with Crippen LogP contribution in [0.1, 0.15) is 34.3 Å². The Hall–Kier alpha value is -2.82. The molecule has 1 aliphatic rings. The van der Waals surface area contributed by atoms with Crippen molar-refractivity contribution in [1.82, 2.24) is 10.2 Å². The average molecular weight is 323 g/mol. The van der Waals surface area contributed by atoms with Crippen molar-refractivity contribution in [2.24, 2.45) is 0 Å². The van der Waals surface area contributed by atoms with Crippen LogP contribution >= 0.6 is 0 Å². The van der Waals surface area contributed by atoms with Crippen LogP contribution in [0.15, 0.2) is 48.5 Å². The molecule has 2 amide bonds. The summed E-state index contributed by atoms with van der Waals surface area (Å²) >= 11 is 0. The third-order valence-electron chi connectivity index (χ3n) is 4.19. The van der Waals surface area contributed by atoms with Gasteiger partial charge in [-0.2, -0.15) is 0 Å². The molecule has 3 N–H and O–H groups in total. The van der Waals surface area contributed by atoms with E-state index in [2.05, 4.69) is 5.32 Å². The van der Waals surface area contributed by atoms with E-state index >= 15 is 0 Å². The summed E-state index contributed by atoms with van der Waals surface area (Å²) in [4.78, 5) is 25.6. The summed E-state index contributed by atoms with van der Waals surface area (Å²) in [5.74, 6) is 0.108. The maximum Gasteiger partial charge on any atom is 0.251 e. The van der Waals surface area contributed by atoms with Crippen molar-refractivity contribution in [3.05, 3.63) is 65.2 Å². The van der Waals surface area contributed by atoms with Gasteiger partial charge in [0.15, 0.2) is 0 Å². The highest BCUT2D eigenvalue weighted by Crippen LogP contribution is 2.15. The number of hydrogen-bond acceptors (Lipinski definition) is 3. The molecule has 0 aliphatic carbocycles. The molecular weight excluding hydrogens is 302 g/mol. The van der Waals surface area contributed by atoms with E-state index in [0.29, 0.717) is 30.8 Å². The zero-order chi connectivity index (χ0) is 16.9. The molecule has 5 nitrogen and oxygen atoms in total. The summed E-state index contributed by atoms with van der Waals surface area (Å²) in [7, 11) is 0. The lowest BCUT2D eigenvalue weighted by Gasteiger charge is -2.15. The Morgan fingerprint density at radius 1 is 1.04 bits per heavy atom. The van der Waals surface area contributed by atoms with Crippen molar-refractivity contribution in [2.75, 3.05) is 12.3 Å². The van der Waals surface area contributed by atoms with Crippen LogP contribution in [-0.4, -0.2) is 23.3 Å². The summed E-state index contributed by atoms with van der Waals surface area (Å²) in [6.07, 6.45) is 1.61. The maximum atomic E-state index is 12.1. The largest absolute Gasteiger partial charge is 0.399 e. The number of carbonyl (C=O) groups excluding carboxylic acids is 2. The highest BCUT2D eigenvalue weighted by atomic mass is 16.2. The second-order valence-electron chi connectivity index (χ2n) is 6.04. The smallest absolute Gasteiger partial charge is 0.251 e. The van der Waals surface area contributed by atoms with E-state index in [0.717, 1.165) is 24.1 Å². The molecule has 0 atom stereocenters. The fraction of sp³-hybridized carbons (Fsp3) is 0.263. The van der Waals surface area contributed by atoms with Gasteiger partial charge in [0.05, 0.1) is 0 Å². The molecular formula is C19H21N3O2. The second kappa shape index (κ2) is 7.17. The summed E-state index contributed by atoms with van der Waals surface area (Å²) < 4.78 is 0. The fourth-order valence-corrected chi connectivity index (χ4v) is 2.77. The molecule has 1 aliphatic heterocycles. The maximum absolute atomic E-state index is 12.1. The molecule has 0 saturated carbocycles. The Bertz CT molecular complexity index is 723. The van der Waals surface area contributed by atoms with Gasteiger partial charge < -0.3 is 16.0 Å². The van der Waals surface area contributed by atoms with Crippen LogP contribution in [0.2, 0.25) is 0 Å². The number of amides is 2. The highest BCUT2D eigenvalue weighted by Gasteiger charge is 2.19. The van der Waals surface area contributed by atoms with Gasteiger partial charge in [-0.15, -0.1) is 0 Å². The van der Waals surface area contributed by atoms with E-state index in [9.17, 15) is 9.59 Å². The number of benzene rings is 2. The first-order valence-electron chi connectivity index (χ1n) is 8.11. The lowest BCUT2D eigenvalue weighted by atomic mass is 10.1. The normalized spacial score (nSPS) is 14.0. The monoisotopic (exact) mass is 323 g/mol. The Balaban J connectivity index is 1.53. The standard InChI is InChI=1S/C19H21N3O2/c20-17-9-7-16(8-10-17)19(24)21-12-14-3-5-15(6-4-14)13-22-11-1-2-18(22)23/h3-10H,1-2,11-13,20H2,(H,21,24). The number of carbonyl (C=O) groups is 2. The van der Waals surface area contributed by atoms with Gasteiger partial charge in [0.25, 0.3) is 5.91 Å². The third-order valence-corrected chi connectivity index (χ3v) is 4.19. The van der Waals surface area contributed by atoms with Crippen molar-refractivity contribution in [3.63, 3.8) is 0 Å². The number of nitrogen functional groups attached to an aromatic ring is 1. The molecule has 0 spiro atoms. The number of nitrogens with one attached hydrogen (secondary N) is 1. The fourth-order valence-electron chi connectivity index (χ4n) is 2.77. The van der Waals surface area contributed by atoms with E-state index in [1.807, 2.05) is 29.2 Å². The molecule has 5 heteroatoms. The summed E-state index contributed by atoms with van der Waals surface area (Å²) in [5.41, 5.74) is 8.98. The van der Waals surface area contributed by atoms with Gasteiger partial charge in [-0.25, -0.2) is 0 Å². The number of hydrogen-bond donors (Lipinski definition) is 2. The molecule has 2 aromatic carbocycles. The Labute approximate surface area is 141 Å². The summed E-state index contributed by atoms with van der Waals surface area (Å²) in [5, 5.41) is 2.89. The van der Waals surface area contributed by atoms with E-state index in [4.69, 9.17) is 5.73 Å². The lowest BCUT2D eigenvalue weighted by molar-refractivity contribution is -0.128. The molecule has 124 valence electrons. The molecule has 1 fully saturated rings. The summed E-state index contributed by atoms with van der Waals surface area (Å²) in [6, 6.07) is 14.8. The van der Waals surface area contributed by atoms with Crippen molar-refractivity contribution in [3.8, 4) is 0 Å². The Morgan fingerprint density at radius 2 is 1.71 bits per heavy atom. The van der Waals surface area contributed by atoms with Crippen LogP contribution in [0.4, 0.5) is 5.69 Å². The van der Waals surface area contributed by atoms with Crippen LogP contribution in [0.5, 0.6) is 0 Å². The highest BCUT2D eigenvalue weighted by molar-refractivity contribution is 5.94. The number of anilines is 1. The van der Waals surface area contributed by atoms with Crippen LogP contribution < -0.4 is 11.1 Å². The quantitative estimate of drug-likeness (QED) is 0.829. The molecule has 0 aromatic heterocycles. The Morgan fingerprint density at radius 3 is 2.33 bits per heavy atom. The molecule has 24 heavy (non-hydrogen) atoms. The molecule has 1 saturated heterocycles. The van der Waals surface area contributed by atoms with Gasteiger partial charge in [0.2, 0.25) is 5.91 Å². The first kappa shape index (κ1) is 16.1. The third kappa shape index (κ3) is 3.93. The van der Waals surface area contributed by atoms with Crippen LogP contribution in [0.25, 0.3) is 0 Å². The Kier molecular flexibility index (Phi) is 4.79. The predicted octanol–water partition coefficient (Wildman–Crippen LogP) is 2.32. The van der Waals surface area contributed by atoms with E-state index in [-0.39, 0.29) is 11.8 Å². The first-order valence-corrected chi connectivity index (χ1v) is 8.11. The number of likely N-dealkylation sites (tertiary alicyclic amines) is 1. The van der Waals surface area contributed by atoms with Gasteiger partial charge in [-0.1, -0.05) is 24.3 Å². The first-order chi connectivity index (χ1) is 11.6. The number of nitrogens with zero attached hydrogens (tertiary/aromatic N) is 1. The van der Waals surface area contributed by atoms with E-state index in [1.165, 1.54) is 0 Å². The van der Waals surface area contributed by atoms with Crippen LogP contribution in [0, 0.1) is 0 Å². The van der Waals surface area contributed by atoms with Crippen molar-refractivity contribution >= 4 is 17.5 Å². The molecule has 0 radical (unpaired) electrons. The summed E-state index contributed by atoms with van der Waals surface area (Å²) in [6.45, 7) is 1.97. The minimum absolute atomic E-state index is 0.123. The average Bonchev–Trinajstić information content (AvgIpc) is 2.99. The molecule has 0 bridgehead atoms. The zero-order valence-electron chi connectivity index (χ0n) is 13.5. The van der Waals surface area contributed by atoms with Gasteiger partial charge in [0.1, 0.15) is 0 Å². The van der Waals surface area contributed by atoms with Gasteiger partial charge >= 0.3 is 0 Å². The molecule has 0 unspecified atom stereocenters. The molecule has 2 aromatic rings. The number of rotatable bonds is 5. The van der Waals surface area contributed by atoms with E-state index < -0.39 is 0 Å². The molecule has 1 heterocycles. The van der Waals surface area contributed by atoms with E-state index in [1.54, 1.807) is 24.3 Å².